The van der Waals surface area contributed by atoms with Crippen LogP contribution in [0.4, 0.5) is 4.39 Å². The maximum Gasteiger partial charge on any atom is 0.306 e. The average Bonchev–Trinajstić information content (AvgIpc) is 2.80. The third-order valence-corrected chi connectivity index (χ3v) is 8.44. The van der Waals surface area contributed by atoms with Gasteiger partial charge in [-0.25, -0.2) is 4.39 Å². The lowest BCUT2D eigenvalue weighted by Crippen LogP contribution is -2.57. The molecule has 2 aromatic carbocycles. The highest BCUT2D eigenvalue weighted by molar-refractivity contribution is 7.86. The summed E-state index contributed by atoms with van der Waals surface area (Å²) in [6.07, 6.45) is -1.61. The van der Waals surface area contributed by atoms with Crippen LogP contribution in [-0.2, 0) is 25.1 Å². The van der Waals surface area contributed by atoms with Gasteiger partial charge in [-0.1, -0.05) is 61.3 Å². The van der Waals surface area contributed by atoms with Crippen LogP contribution in [0.15, 0.2) is 48.5 Å². The van der Waals surface area contributed by atoms with Crippen LogP contribution in [0.25, 0.3) is 0 Å². The molecule has 1 aliphatic rings. The second kappa shape index (κ2) is 13.7. The SMILES string of the molecule is CC(C)C(CS(=O)C(C)(C)C)N1C(=O)C(CC(=O)O)OCC1c1ccc(Cl)c(F)c1.Clc1ccccc1. The van der Waals surface area contributed by atoms with Crippen molar-refractivity contribution in [3.63, 3.8) is 0 Å². The summed E-state index contributed by atoms with van der Waals surface area (Å²) in [6, 6.07) is 12.7. The topological polar surface area (TPSA) is 83.9 Å². The first-order chi connectivity index (χ1) is 17.2. The molecule has 6 nitrogen and oxygen atoms in total. The van der Waals surface area contributed by atoms with Crippen LogP contribution < -0.4 is 0 Å². The molecule has 4 atom stereocenters. The Bertz CT molecular complexity index is 1090. The average molecular weight is 575 g/mol. The van der Waals surface area contributed by atoms with Gasteiger partial charge in [-0.15, -0.1) is 0 Å². The van der Waals surface area contributed by atoms with Crippen LogP contribution in [0.5, 0.6) is 0 Å². The summed E-state index contributed by atoms with van der Waals surface area (Å²) in [4.78, 5) is 26.0. The number of halogens is 3. The first-order valence-corrected chi connectivity index (χ1v) is 14.0. The number of hydrogen-bond acceptors (Lipinski definition) is 4. The van der Waals surface area contributed by atoms with E-state index in [2.05, 4.69) is 0 Å². The van der Waals surface area contributed by atoms with Crippen LogP contribution >= 0.6 is 23.2 Å². The van der Waals surface area contributed by atoms with Crippen molar-refractivity contribution < 1.29 is 28.0 Å². The first-order valence-electron chi connectivity index (χ1n) is 11.9. The molecule has 2 aromatic rings. The van der Waals surface area contributed by atoms with Crippen molar-refractivity contribution in [2.45, 2.75) is 64.0 Å². The largest absolute Gasteiger partial charge is 0.481 e. The quantitative estimate of drug-likeness (QED) is 0.430. The Morgan fingerprint density at radius 3 is 2.27 bits per heavy atom. The summed E-state index contributed by atoms with van der Waals surface area (Å²) in [5.41, 5.74) is 0.492. The molecule has 204 valence electrons. The molecule has 1 aliphatic heterocycles. The third-order valence-electron chi connectivity index (χ3n) is 5.87. The number of nitrogens with zero attached hydrogens (tertiary/aromatic N) is 1. The Morgan fingerprint density at radius 1 is 1.19 bits per heavy atom. The van der Waals surface area contributed by atoms with Gasteiger partial charge in [-0.3, -0.25) is 13.8 Å². The number of morpholine rings is 1. The van der Waals surface area contributed by atoms with Gasteiger partial charge in [0.15, 0.2) is 0 Å². The molecule has 37 heavy (non-hydrogen) atoms. The van der Waals surface area contributed by atoms with Gasteiger partial charge in [0.2, 0.25) is 0 Å². The molecule has 3 rings (SSSR count). The zero-order valence-electron chi connectivity index (χ0n) is 21.6. The Hall–Kier alpha value is -2.00. The van der Waals surface area contributed by atoms with Crippen molar-refractivity contribution in [3.05, 3.63) is 70.0 Å². The van der Waals surface area contributed by atoms with E-state index in [1.807, 2.05) is 65.0 Å². The molecule has 0 saturated carbocycles. The van der Waals surface area contributed by atoms with Crippen LogP contribution in [0.3, 0.4) is 0 Å². The molecule has 0 aliphatic carbocycles. The monoisotopic (exact) mass is 573 g/mol. The minimum absolute atomic E-state index is 0.0101. The third kappa shape index (κ3) is 9.06. The van der Waals surface area contributed by atoms with Crippen LogP contribution in [0.1, 0.15) is 52.6 Å². The summed E-state index contributed by atoms with van der Waals surface area (Å²) >= 11 is 11.3. The van der Waals surface area contributed by atoms with Gasteiger partial charge in [0.05, 0.1) is 24.1 Å². The predicted molar refractivity (Wildman–Crippen MR) is 146 cm³/mol. The Balaban J connectivity index is 0.000000591. The number of ether oxygens (including phenoxy) is 1. The highest BCUT2D eigenvalue weighted by atomic mass is 35.5. The van der Waals surface area contributed by atoms with E-state index in [1.165, 1.54) is 12.1 Å². The number of carbonyl (C=O) groups excluding carboxylic acids is 1. The first kappa shape index (κ1) is 31.2. The number of carboxylic acids is 1. The molecule has 0 radical (unpaired) electrons. The molecule has 1 saturated heterocycles. The van der Waals surface area contributed by atoms with Gasteiger partial charge in [0.25, 0.3) is 5.91 Å². The summed E-state index contributed by atoms with van der Waals surface area (Å²) in [5.74, 6) is -2.10. The number of amides is 1. The van der Waals surface area contributed by atoms with Gasteiger partial charge in [-0.2, -0.15) is 0 Å². The summed E-state index contributed by atoms with van der Waals surface area (Å²) < 4.78 is 32.1. The van der Waals surface area contributed by atoms with Crippen LogP contribution in [0.2, 0.25) is 10.0 Å². The fraction of sp³-hybridized carbons (Fsp3) is 0.481. The molecule has 1 heterocycles. The highest BCUT2D eigenvalue weighted by Crippen LogP contribution is 2.34. The zero-order valence-corrected chi connectivity index (χ0v) is 23.9. The predicted octanol–water partition coefficient (Wildman–Crippen LogP) is 6.13. The van der Waals surface area contributed by atoms with E-state index in [-0.39, 0.29) is 23.3 Å². The van der Waals surface area contributed by atoms with E-state index < -0.39 is 57.8 Å². The van der Waals surface area contributed by atoms with Crippen LogP contribution in [0, 0.1) is 11.7 Å². The number of hydrogen-bond donors (Lipinski definition) is 1. The molecule has 0 spiro atoms. The Labute approximate surface area is 230 Å². The van der Waals surface area contributed by atoms with E-state index in [0.717, 1.165) is 5.02 Å². The molecule has 1 fully saturated rings. The van der Waals surface area contributed by atoms with E-state index >= 15 is 0 Å². The smallest absolute Gasteiger partial charge is 0.306 e. The number of carboxylic acid groups (broad SMARTS) is 1. The van der Waals surface area contributed by atoms with Gasteiger partial charge in [-0.05, 0) is 56.5 Å². The lowest BCUT2D eigenvalue weighted by molar-refractivity contribution is -0.169. The Kier molecular flexibility index (Phi) is 11.6. The van der Waals surface area contributed by atoms with E-state index in [9.17, 15) is 18.2 Å². The summed E-state index contributed by atoms with van der Waals surface area (Å²) in [5, 5.41) is 9.91. The second-order valence-corrected chi connectivity index (χ2v) is 13.2. The van der Waals surface area contributed by atoms with Gasteiger partial charge in [0, 0.05) is 32.4 Å². The van der Waals surface area contributed by atoms with E-state index in [4.69, 9.17) is 33.0 Å². The van der Waals surface area contributed by atoms with Gasteiger partial charge >= 0.3 is 5.97 Å². The zero-order chi connectivity index (χ0) is 27.9. The van der Waals surface area contributed by atoms with Crippen molar-refractivity contribution in [3.8, 4) is 0 Å². The van der Waals surface area contributed by atoms with Crippen molar-refractivity contribution in [1.82, 2.24) is 4.90 Å². The molecular formula is C27H34Cl2FNO5S. The fourth-order valence-corrected chi connectivity index (χ4v) is 5.39. The van der Waals surface area contributed by atoms with Crippen molar-refractivity contribution in [2.75, 3.05) is 12.4 Å². The number of aliphatic carboxylic acids is 1. The normalized spacial score (nSPS) is 19.7. The maximum absolute atomic E-state index is 14.1. The molecule has 10 heteroatoms. The molecular weight excluding hydrogens is 540 g/mol. The highest BCUT2D eigenvalue weighted by Gasteiger charge is 2.43. The lowest BCUT2D eigenvalue weighted by atomic mass is 9.95. The number of carbonyl (C=O) groups is 2. The Morgan fingerprint density at radius 2 is 1.81 bits per heavy atom. The lowest BCUT2D eigenvalue weighted by Gasteiger charge is -2.45. The maximum atomic E-state index is 14.1. The van der Waals surface area contributed by atoms with Gasteiger partial charge in [0.1, 0.15) is 11.9 Å². The standard InChI is InChI=1S/C21H29ClFNO5S.C6H5Cl/c1-12(2)17(11-30(28)21(3,4)5)24-16(13-6-7-14(22)15(23)8-13)10-29-18(20(24)27)9-19(25)26;7-6-4-2-1-3-5-6/h6-8,12,16-18H,9-11H2,1-5H3,(H,25,26);1-5H. The number of rotatable bonds is 7. The summed E-state index contributed by atoms with van der Waals surface area (Å²) in [7, 11) is -1.25. The van der Waals surface area contributed by atoms with Crippen molar-refractivity contribution >= 4 is 45.9 Å². The van der Waals surface area contributed by atoms with E-state index in [0.29, 0.717) is 5.56 Å². The molecule has 0 bridgehead atoms. The van der Waals surface area contributed by atoms with Crippen molar-refractivity contribution in [2.24, 2.45) is 5.92 Å². The molecule has 1 amide bonds. The number of benzene rings is 2. The van der Waals surface area contributed by atoms with Gasteiger partial charge < -0.3 is 14.7 Å². The molecule has 0 aromatic heterocycles. The van der Waals surface area contributed by atoms with Crippen LogP contribution in [-0.4, -0.2) is 55.3 Å². The van der Waals surface area contributed by atoms with E-state index in [1.54, 1.807) is 11.0 Å². The molecule has 4 unspecified atom stereocenters. The summed E-state index contributed by atoms with van der Waals surface area (Å²) in [6.45, 7) is 9.43. The minimum Gasteiger partial charge on any atom is -0.481 e. The fourth-order valence-electron chi connectivity index (χ4n) is 3.77. The van der Waals surface area contributed by atoms with Crippen molar-refractivity contribution in [1.29, 1.82) is 0 Å². The second-order valence-electron chi connectivity index (χ2n) is 10.1. The minimum atomic E-state index is -1.25. The molecule has 1 N–H and O–H groups in total.